The Labute approximate surface area is 111 Å². The number of hydrogen-bond acceptors (Lipinski definition) is 2. The van der Waals surface area contributed by atoms with Crippen LogP contribution in [0.4, 0.5) is 8.78 Å². The van der Waals surface area contributed by atoms with Gasteiger partial charge in [0.15, 0.2) is 17.7 Å². The molecule has 0 saturated heterocycles. The molecule has 5 heteroatoms. The standard InChI is InChI=1S/C14H17F2NO2/c1-9(14(18)17(2)8-10-3-4-10)19-11-5-6-12(15)13(16)7-11/h5-7,9-10H,3-4,8H2,1-2H3/t9-/m1/s1. The Morgan fingerprint density at radius 3 is 2.68 bits per heavy atom. The molecule has 0 radical (unpaired) electrons. The number of nitrogens with zero attached hydrogens (tertiary/aromatic N) is 1. The second-order valence-corrected chi connectivity index (χ2v) is 5.00. The summed E-state index contributed by atoms with van der Waals surface area (Å²) in [5.41, 5.74) is 0. The average Bonchev–Trinajstić information content (AvgIpc) is 3.16. The number of ether oxygens (including phenoxy) is 1. The van der Waals surface area contributed by atoms with Crippen LogP contribution in [0.15, 0.2) is 18.2 Å². The van der Waals surface area contributed by atoms with Gasteiger partial charge in [0.1, 0.15) is 5.75 Å². The maximum absolute atomic E-state index is 13.0. The van der Waals surface area contributed by atoms with Crippen molar-refractivity contribution in [1.82, 2.24) is 4.90 Å². The van der Waals surface area contributed by atoms with Crippen molar-refractivity contribution in [3.05, 3.63) is 29.8 Å². The van der Waals surface area contributed by atoms with Gasteiger partial charge in [-0.1, -0.05) is 0 Å². The van der Waals surface area contributed by atoms with Gasteiger partial charge in [0.05, 0.1) is 0 Å². The Balaban J connectivity index is 1.93. The summed E-state index contributed by atoms with van der Waals surface area (Å²) in [5, 5.41) is 0. The number of benzene rings is 1. The van der Waals surface area contributed by atoms with Crippen LogP contribution in [-0.4, -0.2) is 30.5 Å². The number of halogens is 2. The summed E-state index contributed by atoms with van der Waals surface area (Å²) < 4.78 is 31.1. The number of carbonyl (C=O) groups is 1. The Bertz CT molecular complexity index is 475. The van der Waals surface area contributed by atoms with Crippen LogP contribution >= 0.6 is 0 Å². The van der Waals surface area contributed by atoms with Gasteiger partial charge in [-0.25, -0.2) is 8.78 Å². The first-order valence-electron chi connectivity index (χ1n) is 6.34. The molecule has 0 unspecified atom stereocenters. The monoisotopic (exact) mass is 269 g/mol. The van der Waals surface area contributed by atoms with Gasteiger partial charge >= 0.3 is 0 Å². The molecular weight excluding hydrogens is 252 g/mol. The summed E-state index contributed by atoms with van der Waals surface area (Å²) in [6.07, 6.45) is 1.61. The van der Waals surface area contributed by atoms with Crippen molar-refractivity contribution < 1.29 is 18.3 Å². The number of amides is 1. The van der Waals surface area contributed by atoms with Crippen molar-refractivity contribution in [3.8, 4) is 5.75 Å². The summed E-state index contributed by atoms with van der Waals surface area (Å²) in [6.45, 7) is 2.33. The summed E-state index contributed by atoms with van der Waals surface area (Å²) in [6, 6.07) is 3.23. The number of hydrogen-bond donors (Lipinski definition) is 0. The van der Waals surface area contributed by atoms with Crippen molar-refractivity contribution in [2.45, 2.75) is 25.9 Å². The lowest BCUT2D eigenvalue weighted by molar-refractivity contribution is -0.136. The lowest BCUT2D eigenvalue weighted by Crippen LogP contribution is -2.39. The Morgan fingerprint density at radius 2 is 2.11 bits per heavy atom. The summed E-state index contributed by atoms with van der Waals surface area (Å²) in [5.74, 6) is -1.32. The molecule has 1 aromatic carbocycles. The van der Waals surface area contributed by atoms with Gasteiger partial charge in [0.2, 0.25) is 0 Å². The SMILES string of the molecule is C[C@@H](Oc1ccc(F)c(F)c1)C(=O)N(C)CC1CC1. The minimum atomic E-state index is -0.983. The second kappa shape index (κ2) is 5.55. The summed E-state index contributed by atoms with van der Waals surface area (Å²) in [4.78, 5) is 13.6. The Kier molecular flexibility index (Phi) is 4.02. The lowest BCUT2D eigenvalue weighted by Gasteiger charge is -2.22. The summed E-state index contributed by atoms with van der Waals surface area (Å²) >= 11 is 0. The van der Waals surface area contributed by atoms with E-state index in [4.69, 9.17) is 4.74 Å². The third-order valence-corrected chi connectivity index (χ3v) is 3.16. The van der Waals surface area contributed by atoms with E-state index in [9.17, 15) is 13.6 Å². The highest BCUT2D eigenvalue weighted by molar-refractivity contribution is 5.80. The first-order valence-corrected chi connectivity index (χ1v) is 6.34. The molecule has 1 saturated carbocycles. The van der Waals surface area contributed by atoms with Crippen molar-refractivity contribution in [1.29, 1.82) is 0 Å². The fourth-order valence-electron chi connectivity index (χ4n) is 1.89. The zero-order chi connectivity index (χ0) is 14.0. The Hall–Kier alpha value is -1.65. The zero-order valence-electron chi connectivity index (χ0n) is 11.0. The van der Waals surface area contributed by atoms with Crippen LogP contribution in [0.3, 0.4) is 0 Å². The molecule has 0 N–H and O–H groups in total. The first-order chi connectivity index (χ1) is 8.97. The molecule has 104 valence electrons. The van der Waals surface area contributed by atoms with Gasteiger partial charge < -0.3 is 9.64 Å². The smallest absolute Gasteiger partial charge is 0.263 e. The molecule has 1 aliphatic rings. The van der Waals surface area contributed by atoms with Crippen LogP contribution in [0.5, 0.6) is 5.75 Å². The molecule has 1 atom stereocenters. The minimum Gasteiger partial charge on any atom is -0.481 e. The van der Waals surface area contributed by atoms with Crippen molar-refractivity contribution in [3.63, 3.8) is 0 Å². The third-order valence-electron chi connectivity index (χ3n) is 3.16. The number of rotatable bonds is 5. The highest BCUT2D eigenvalue weighted by Gasteiger charge is 2.27. The lowest BCUT2D eigenvalue weighted by atomic mass is 10.3. The molecule has 1 amide bonds. The van der Waals surface area contributed by atoms with E-state index >= 15 is 0 Å². The van der Waals surface area contributed by atoms with Crippen LogP contribution in [-0.2, 0) is 4.79 Å². The van der Waals surface area contributed by atoms with Crippen LogP contribution < -0.4 is 4.74 Å². The molecule has 1 aliphatic carbocycles. The molecule has 1 aromatic rings. The largest absolute Gasteiger partial charge is 0.481 e. The van der Waals surface area contributed by atoms with E-state index in [0.717, 1.165) is 31.5 Å². The number of carbonyl (C=O) groups excluding carboxylic acids is 1. The Morgan fingerprint density at radius 1 is 1.42 bits per heavy atom. The van der Waals surface area contributed by atoms with Gasteiger partial charge in [-0.05, 0) is 37.8 Å². The quantitative estimate of drug-likeness (QED) is 0.822. The van der Waals surface area contributed by atoms with Gasteiger partial charge in [-0.15, -0.1) is 0 Å². The molecule has 1 fully saturated rings. The normalized spacial score (nSPS) is 16.0. The molecule has 19 heavy (non-hydrogen) atoms. The fourth-order valence-corrected chi connectivity index (χ4v) is 1.89. The molecule has 2 rings (SSSR count). The number of likely N-dealkylation sites (N-methyl/N-ethyl adjacent to an activating group) is 1. The molecule has 0 bridgehead atoms. The second-order valence-electron chi connectivity index (χ2n) is 5.00. The third kappa shape index (κ3) is 3.66. The van der Waals surface area contributed by atoms with Gasteiger partial charge in [-0.3, -0.25) is 4.79 Å². The summed E-state index contributed by atoms with van der Waals surface area (Å²) in [7, 11) is 1.73. The van der Waals surface area contributed by atoms with Crippen molar-refractivity contribution in [2.24, 2.45) is 5.92 Å². The highest BCUT2D eigenvalue weighted by Crippen LogP contribution is 2.29. The van der Waals surface area contributed by atoms with E-state index in [1.165, 1.54) is 6.07 Å². The molecule has 0 spiro atoms. The van der Waals surface area contributed by atoms with Crippen molar-refractivity contribution >= 4 is 5.91 Å². The predicted octanol–water partition coefficient (Wildman–Crippen LogP) is 2.60. The van der Waals surface area contributed by atoms with E-state index in [1.54, 1.807) is 18.9 Å². The molecule has 3 nitrogen and oxygen atoms in total. The highest BCUT2D eigenvalue weighted by atomic mass is 19.2. The van der Waals surface area contributed by atoms with Crippen LogP contribution in [0.2, 0.25) is 0 Å². The maximum atomic E-state index is 13.0. The first kappa shape index (κ1) is 13.8. The van der Waals surface area contributed by atoms with E-state index < -0.39 is 17.7 Å². The van der Waals surface area contributed by atoms with Crippen LogP contribution in [0.25, 0.3) is 0 Å². The van der Waals surface area contributed by atoms with Crippen molar-refractivity contribution in [2.75, 3.05) is 13.6 Å². The van der Waals surface area contributed by atoms with E-state index in [-0.39, 0.29) is 11.7 Å². The molecule has 0 aromatic heterocycles. The average molecular weight is 269 g/mol. The van der Waals surface area contributed by atoms with Crippen LogP contribution in [0, 0.1) is 17.6 Å². The molecule has 0 heterocycles. The van der Waals surface area contributed by atoms with E-state index in [2.05, 4.69) is 0 Å². The van der Waals surface area contributed by atoms with E-state index in [0.29, 0.717) is 5.92 Å². The van der Waals surface area contributed by atoms with E-state index in [1.807, 2.05) is 0 Å². The predicted molar refractivity (Wildman–Crippen MR) is 66.8 cm³/mol. The van der Waals surface area contributed by atoms with Crippen LogP contribution in [0.1, 0.15) is 19.8 Å². The molecule has 0 aliphatic heterocycles. The maximum Gasteiger partial charge on any atom is 0.263 e. The fraction of sp³-hybridized carbons (Fsp3) is 0.500. The van der Waals surface area contributed by atoms with Gasteiger partial charge in [0.25, 0.3) is 5.91 Å². The zero-order valence-corrected chi connectivity index (χ0v) is 11.0. The van der Waals surface area contributed by atoms with Gasteiger partial charge in [0, 0.05) is 19.7 Å². The van der Waals surface area contributed by atoms with Gasteiger partial charge in [-0.2, -0.15) is 0 Å². The molecular formula is C14H17F2NO2. The topological polar surface area (TPSA) is 29.5 Å². The minimum absolute atomic E-state index is 0.152.